The van der Waals surface area contributed by atoms with Crippen molar-refractivity contribution in [1.29, 1.82) is 0 Å². The number of nitrogens with zero attached hydrogens (tertiary/aromatic N) is 2. The van der Waals surface area contributed by atoms with Crippen LogP contribution in [0.1, 0.15) is 11.5 Å². The average Bonchev–Trinajstić information content (AvgIpc) is 2.95. The van der Waals surface area contributed by atoms with E-state index in [9.17, 15) is 8.42 Å². The molecule has 8 heteroatoms. The molecule has 0 atom stereocenters. The molecule has 0 aliphatic carbocycles. The van der Waals surface area contributed by atoms with Crippen molar-refractivity contribution in [3.63, 3.8) is 0 Å². The predicted molar refractivity (Wildman–Crippen MR) is 63.8 cm³/mol. The number of sulfonamides is 1. The first kappa shape index (κ1) is 12.8. The van der Waals surface area contributed by atoms with Gasteiger partial charge in [0.25, 0.3) is 0 Å². The summed E-state index contributed by atoms with van der Waals surface area (Å²) in [6.45, 7) is 0.351. The van der Waals surface area contributed by atoms with Crippen molar-refractivity contribution in [2.45, 2.75) is 18.0 Å². The van der Waals surface area contributed by atoms with Crippen LogP contribution in [0.3, 0.4) is 0 Å². The summed E-state index contributed by atoms with van der Waals surface area (Å²) < 4.78 is 32.9. The molecule has 0 aromatic carbocycles. The van der Waals surface area contributed by atoms with Gasteiger partial charge in [0.15, 0.2) is 5.76 Å². The van der Waals surface area contributed by atoms with Gasteiger partial charge in [0.2, 0.25) is 10.0 Å². The fourth-order valence-corrected chi connectivity index (χ4v) is 2.60. The smallest absolute Gasteiger partial charge is 0.242 e. The Bertz CT molecular complexity index is 616. The monoisotopic (exact) mass is 270 g/mol. The Morgan fingerprint density at radius 1 is 1.56 bits per heavy atom. The van der Waals surface area contributed by atoms with Crippen LogP contribution in [0.4, 0.5) is 0 Å². The minimum atomic E-state index is -3.56. The van der Waals surface area contributed by atoms with Crippen LogP contribution >= 0.6 is 0 Å². The molecule has 0 aliphatic heterocycles. The second kappa shape index (κ2) is 4.92. The summed E-state index contributed by atoms with van der Waals surface area (Å²) >= 11 is 0. The first-order chi connectivity index (χ1) is 8.53. The summed E-state index contributed by atoms with van der Waals surface area (Å²) in [5.41, 5.74) is 6.24. The van der Waals surface area contributed by atoms with Gasteiger partial charge in [-0.2, -0.15) is 0 Å². The maximum atomic E-state index is 12.0. The van der Waals surface area contributed by atoms with Gasteiger partial charge in [-0.3, -0.25) is 0 Å². The predicted octanol–water partition coefficient (Wildman–Crippen LogP) is -0.0497. The van der Waals surface area contributed by atoms with E-state index in [0.717, 1.165) is 5.69 Å². The zero-order valence-electron chi connectivity index (χ0n) is 9.83. The molecule has 3 N–H and O–H groups in total. The molecule has 98 valence electrons. The molecule has 0 fully saturated rings. The molecule has 0 amide bonds. The Hall–Kier alpha value is -1.64. The highest BCUT2D eigenvalue weighted by atomic mass is 32.2. The molecule has 0 bridgehead atoms. The third-order valence-corrected chi connectivity index (χ3v) is 3.90. The van der Waals surface area contributed by atoms with E-state index in [2.05, 4.69) is 9.88 Å². The molecule has 0 unspecified atom stereocenters. The Labute approximate surface area is 105 Å². The van der Waals surface area contributed by atoms with E-state index >= 15 is 0 Å². The summed E-state index contributed by atoms with van der Waals surface area (Å²) in [6.07, 6.45) is 2.98. The van der Waals surface area contributed by atoms with Crippen LogP contribution in [0, 0.1) is 0 Å². The number of nitrogens with one attached hydrogen (secondary N) is 1. The molecule has 0 saturated heterocycles. The van der Waals surface area contributed by atoms with E-state index in [-0.39, 0.29) is 18.0 Å². The second-order valence-electron chi connectivity index (χ2n) is 3.79. The molecule has 0 saturated carbocycles. The summed E-state index contributed by atoms with van der Waals surface area (Å²) in [6, 6.07) is 3.14. The van der Waals surface area contributed by atoms with Gasteiger partial charge < -0.3 is 14.8 Å². The third kappa shape index (κ3) is 2.61. The Kier molecular flexibility index (Phi) is 3.50. The molecule has 18 heavy (non-hydrogen) atoms. The standard InChI is InChI=1S/C10H14N4O3S/c1-14-7-10(4-8(14)5-11)18(15,16)13-6-9-2-3-12-17-9/h2-4,7,13H,5-6,11H2,1H3. The lowest BCUT2D eigenvalue weighted by atomic mass is 10.4. The van der Waals surface area contributed by atoms with E-state index in [0.29, 0.717) is 5.76 Å². The van der Waals surface area contributed by atoms with Crippen LogP contribution in [0.5, 0.6) is 0 Å². The van der Waals surface area contributed by atoms with Crippen LogP contribution in [-0.2, 0) is 30.2 Å². The SMILES string of the molecule is Cn1cc(S(=O)(=O)NCc2ccno2)cc1CN. The molecule has 0 aliphatic rings. The first-order valence-electron chi connectivity index (χ1n) is 5.27. The molecular formula is C10H14N4O3S. The topological polar surface area (TPSA) is 103 Å². The lowest BCUT2D eigenvalue weighted by molar-refractivity contribution is 0.380. The molecular weight excluding hydrogens is 256 g/mol. The highest BCUT2D eigenvalue weighted by Crippen LogP contribution is 2.13. The van der Waals surface area contributed by atoms with Crippen molar-refractivity contribution in [3.8, 4) is 0 Å². The fraction of sp³-hybridized carbons (Fsp3) is 0.300. The molecule has 2 heterocycles. The first-order valence-corrected chi connectivity index (χ1v) is 6.76. The van der Waals surface area contributed by atoms with Gasteiger partial charge >= 0.3 is 0 Å². The van der Waals surface area contributed by atoms with Crippen molar-refractivity contribution < 1.29 is 12.9 Å². The van der Waals surface area contributed by atoms with Crippen LogP contribution in [0.25, 0.3) is 0 Å². The van der Waals surface area contributed by atoms with Crippen molar-refractivity contribution in [2.24, 2.45) is 12.8 Å². The van der Waals surface area contributed by atoms with E-state index in [4.69, 9.17) is 10.3 Å². The van der Waals surface area contributed by atoms with Crippen molar-refractivity contribution >= 4 is 10.0 Å². The minimum Gasteiger partial charge on any atom is -0.360 e. The maximum Gasteiger partial charge on any atom is 0.242 e. The Morgan fingerprint density at radius 3 is 2.89 bits per heavy atom. The van der Waals surface area contributed by atoms with E-state index in [1.165, 1.54) is 12.4 Å². The molecule has 0 radical (unpaired) electrons. The van der Waals surface area contributed by atoms with Crippen LogP contribution in [-0.4, -0.2) is 18.1 Å². The van der Waals surface area contributed by atoms with Crippen molar-refractivity contribution in [3.05, 3.63) is 36.0 Å². The minimum absolute atomic E-state index is 0.0647. The molecule has 2 aromatic heterocycles. The highest BCUT2D eigenvalue weighted by Gasteiger charge is 2.17. The zero-order chi connectivity index (χ0) is 13.2. The molecule has 7 nitrogen and oxygen atoms in total. The number of rotatable bonds is 5. The summed E-state index contributed by atoms with van der Waals surface area (Å²) in [7, 11) is -1.81. The van der Waals surface area contributed by atoms with Gasteiger partial charge in [-0.25, -0.2) is 13.1 Å². The van der Waals surface area contributed by atoms with Gasteiger partial charge in [-0.05, 0) is 6.07 Å². The largest absolute Gasteiger partial charge is 0.360 e. The second-order valence-corrected chi connectivity index (χ2v) is 5.55. The van der Waals surface area contributed by atoms with Crippen LogP contribution in [0.15, 0.2) is 33.9 Å². The van der Waals surface area contributed by atoms with Gasteiger partial charge in [-0.1, -0.05) is 5.16 Å². The van der Waals surface area contributed by atoms with E-state index in [1.54, 1.807) is 23.7 Å². The quantitative estimate of drug-likeness (QED) is 0.793. The number of aryl methyl sites for hydroxylation is 1. The van der Waals surface area contributed by atoms with Gasteiger partial charge in [0, 0.05) is 31.5 Å². The Balaban J connectivity index is 2.14. The number of hydrogen-bond acceptors (Lipinski definition) is 5. The van der Waals surface area contributed by atoms with Crippen molar-refractivity contribution in [1.82, 2.24) is 14.4 Å². The van der Waals surface area contributed by atoms with E-state index in [1.807, 2.05) is 0 Å². The summed E-state index contributed by atoms with van der Waals surface area (Å²) in [4.78, 5) is 0.185. The zero-order valence-corrected chi connectivity index (χ0v) is 10.6. The number of hydrogen-bond donors (Lipinski definition) is 2. The lowest BCUT2D eigenvalue weighted by Crippen LogP contribution is -2.22. The van der Waals surface area contributed by atoms with Gasteiger partial charge in [0.05, 0.1) is 17.6 Å². The van der Waals surface area contributed by atoms with Gasteiger partial charge in [-0.15, -0.1) is 0 Å². The summed E-state index contributed by atoms with van der Waals surface area (Å²) in [5.74, 6) is 0.452. The number of aromatic nitrogens is 2. The highest BCUT2D eigenvalue weighted by molar-refractivity contribution is 7.89. The number of nitrogens with two attached hydrogens (primary N) is 1. The lowest BCUT2D eigenvalue weighted by Gasteiger charge is -2.01. The third-order valence-electron chi connectivity index (χ3n) is 2.53. The molecule has 0 spiro atoms. The van der Waals surface area contributed by atoms with Crippen LogP contribution < -0.4 is 10.5 Å². The fourth-order valence-electron chi connectivity index (χ4n) is 1.51. The summed E-state index contributed by atoms with van der Waals surface area (Å²) in [5, 5.41) is 3.50. The molecule has 2 aromatic rings. The van der Waals surface area contributed by atoms with E-state index < -0.39 is 10.0 Å². The average molecular weight is 270 g/mol. The molecule has 2 rings (SSSR count). The normalized spacial score (nSPS) is 11.9. The maximum absolute atomic E-state index is 12.0. The Morgan fingerprint density at radius 2 is 2.33 bits per heavy atom. The van der Waals surface area contributed by atoms with Crippen molar-refractivity contribution in [2.75, 3.05) is 0 Å². The van der Waals surface area contributed by atoms with Gasteiger partial charge in [0.1, 0.15) is 0 Å². The van der Waals surface area contributed by atoms with Crippen LogP contribution in [0.2, 0.25) is 0 Å².